The van der Waals surface area contributed by atoms with E-state index in [4.69, 9.17) is 21.1 Å². The van der Waals surface area contributed by atoms with Gasteiger partial charge < -0.3 is 9.47 Å². The Balaban J connectivity index is 1.71. The quantitative estimate of drug-likeness (QED) is 0.754. The molecule has 2 heterocycles. The van der Waals surface area contributed by atoms with Gasteiger partial charge in [-0.05, 0) is 24.3 Å². The number of methoxy groups -OCH3 is 2. The first kappa shape index (κ1) is 17.3. The van der Waals surface area contributed by atoms with Crippen LogP contribution in [-0.4, -0.2) is 38.1 Å². The lowest BCUT2D eigenvalue weighted by molar-refractivity contribution is -0.121. The smallest absolute Gasteiger partial charge is 0.263 e. The van der Waals surface area contributed by atoms with E-state index >= 15 is 0 Å². The largest absolute Gasteiger partial charge is 0.497 e. The van der Waals surface area contributed by atoms with Crippen molar-refractivity contribution in [2.75, 3.05) is 24.1 Å². The van der Waals surface area contributed by atoms with Gasteiger partial charge >= 0.3 is 0 Å². The number of imide groups is 1. The fraction of sp³-hybridized carbons (Fsp3) is 0.222. The first-order chi connectivity index (χ1) is 13.0. The predicted molar refractivity (Wildman–Crippen MR) is 98.4 cm³/mol. The van der Waals surface area contributed by atoms with Gasteiger partial charge in [-0.3, -0.25) is 9.59 Å². The van der Waals surface area contributed by atoms with Crippen LogP contribution in [0, 0.1) is 0 Å². The monoisotopic (exact) mass is 386 g/mol. The van der Waals surface area contributed by atoms with Crippen LogP contribution in [0.5, 0.6) is 11.5 Å². The SMILES string of the molecule is COc1cc(OC)cc(N2C(=O)[C@@H]3N=NN(c4ccc(Cl)cc4)[C@H]3C2=O)c1. The lowest BCUT2D eigenvalue weighted by Crippen LogP contribution is -2.39. The summed E-state index contributed by atoms with van der Waals surface area (Å²) in [5.74, 6) is 0.0807. The van der Waals surface area contributed by atoms with Crippen LogP contribution in [0.2, 0.25) is 5.02 Å². The van der Waals surface area contributed by atoms with Crippen LogP contribution < -0.4 is 19.4 Å². The molecule has 2 aliphatic heterocycles. The Kier molecular flexibility index (Phi) is 4.19. The number of anilines is 2. The predicted octanol–water partition coefficient (Wildman–Crippen LogP) is 2.86. The Morgan fingerprint density at radius 3 is 2.15 bits per heavy atom. The topological polar surface area (TPSA) is 83.8 Å². The Morgan fingerprint density at radius 2 is 1.56 bits per heavy atom. The average molecular weight is 387 g/mol. The van der Waals surface area contributed by atoms with Crippen LogP contribution in [0.3, 0.4) is 0 Å². The summed E-state index contributed by atoms with van der Waals surface area (Å²) in [6.07, 6.45) is 0. The molecule has 1 saturated heterocycles. The van der Waals surface area contributed by atoms with Gasteiger partial charge in [-0.1, -0.05) is 16.8 Å². The number of amides is 2. The molecule has 2 aromatic rings. The van der Waals surface area contributed by atoms with Gasteiger partial charge in [0.1, 0.15) is 11.5 Å². The number of carbonyl (C=O) groups excluding carboxylic acids is 2. The first-order valence-electron chi connectivity index (χ1n) is 8.10. The van der Waals surface area contributed by atoms with Gasteiger partial charge in [0.2, 0.25) is 0 Å². The van der Waals surface area contributed by atoms with Crippen molar-refractivity contribution in [3.63, 3.8) is 0 Å². The van der Waals surface area contributed by atoms with Gasteiger partial charge in [0.15, 0.2) is 12.1 Å². The standard InChI is InChI=1S/C18H15ClN4O4/c1-26-13-7-12(8-14(9-13)27-2)22-17(24)15-16(18(22)25)23(21-20-15)11-5-3-10(19)4-6-11/h3-9,15-16H,1-2H3/t15-,16-/m1/s1. The van der Waals surface area contributed by atoms with E-state index in [1.165, 1.54) is 19.2 Å². The number of hydrogen-bond acceptors (Lipinski definition) is 7. The molecule has 0 radical (unpaired) electrons. The van der Waals surface area contributed by atoms with Gasteiger partial charge in [-0.15, -0.1) is 0 Å². The highest BCUT2D eigenvalue weighted by molar-refractivity contribution is 6.30. The molecular weight excluding hydrogens is 372 g/mol. The van der Waals surface area contributed by atoms with Crippen LogP contribution >= 0.6 is 11.6 Å². The lowest BCUT2D eigenvalue weighted by atomic mass is 10.1. The van der Waals surface area contributed by atoms with Crippen molar-refractivity contribution in [1.82, 2.24) is 0 Å². The van der Waals surface area contributed by atoms with Crippen molar-refractivity contribution in [3.8, 4) is 11.5 Å². The molecule has 27 heavy (non-hydrogen) atoms. The van der Waals surface area contributed by atoms with Crippen molar-refractivity contribution in [2.45, 2.75) is 12.1 Å². The third-order valence-corrected chi connectivity index (χ3v) is 4.72. The van der Waals surface area contributed by atoms with E-state index in [0.717, 1.165) is 4.90 Å². The highest BCUT2D eigenvalue weighted by Crippen LogP contribution is 2.37. The third-order valence-electron chi connectivity index (χ3n) is 4.47. The molecule has 2 amide bonds. The summed E-state index contributed by atoms with van der Waals surface area (Å²) in [7, 11) is 2.99. The number of rotatable bonds is 4. The fourth-order valence-corrected chi connectivity index (χ4v) is 3.27. The summed E-state index contributed by atoms with van der Waals surface area (Å²) in [5.41, 5.74) is 0.990. The Labute approximate surface area is 159 Å². The summed E-state index contributed by atoms with van der Waals surface area (Å²) in [6.45, 7) is 0. The molecule has 0 spiro atoms. The van der Waals surface area contributed by atoms with Crippen LogP contribution in [-0.2, 0) is 9.59 Å². The molecule has 9 heteroatoms. The Morgan fingerprint density at radius 1 is 0.926 bits per heavy atom. The maximum Gasteiger partial charge on any atom is 0.263 e. The van der Waals surface area contributed by atoms with Gasteiger partial charge in [-0.2, -0.15) is 5.11 Å². The Hall–Kier alpha value is -3.13. The number of hydrogen-bond donors (Lipinski definition) is 0. The van der Waals surface area contributed by atoms with Crippen LogP contribution in [0.25, 0.3) is 0 Å². The normalized spacial score (nSPS) is 21.0. The van der Waals surface area contributed by atoms with E-state index in [9.17, 15) is 9.59 Å². The molecule has 0 unspecified atom stereocenters. The van der Waals surface area contributed by atoms with Gasteiger partial charge in [-0.25, -0.2) is 9.91 Å². The molecule has 8 nitrogen and oxygen atoms in total. The van der Waals surface area contributed by atoms with E-state index in [1.807, 2.05) is 0 Å². The first-order valence-corrected chi connectivity index (χ1v) is 8.47. The summed E-state index contributed by atoms with van der Waals surface area (Å²) in [6, 6.07) is 9.94. The van der Waals surface area contributed by atoms with Crippen molar-refractivity contribution >= 4 is 34.8 Å². The lowest BCUT2D eigenvalue weighted by Gasteiger charge is -2.21. The molecule has 1 fully saturated rings. The van der Waals surface area contributed by atoms with E-state index in [2.05, 4.69) is 10.3 Å². The molecule has 2 atom stereocenters. The summed E-state index contributed by atoms with van der Waals surface area (Å²) in [4.78, 5) is 27.0. The number of carbonyl (C=O) groups is 2. The fourth-order valence-electron chi connectivity index (χ4n) is 3.14. The molecule has 138 valence electrons. The zero-order chi connectivity index (χ0) is 19.1. The minimum absolute atomic E-state index is 0.363. The molecule has 2 aliphatic rings. The van der Waals surface area contributed by atoms with Crippen molar-refractivity contribution in [1.29, 1.82) is 0 Å². The van der Waals surface area contributed by atoms with E-state index in [-0.39, 0.29) is 0 Å². The van der Waals surface area contributed by atoms with E-state index < -0.39 is 23.9 Å². The van der Waals surface area contributed by atoms with E-state index in [1.54, 1.807) is 42.5 Å². The number of halogens is 1. The Bertz CT molecular complexity index is 925. The van der Waals surface area contributed by atoms with Gasteiger partial charge in [0, 0.05) is 23.2 Å². The van der Waals surface area contributed by atoms with Gasteiger partial charge in [0.05, 0.1) is 25.6 Å². The second-order valence-corrected chi connectivity index (χ2v) is 6.43. The second-order valence-electron chi connectivity index (χ2n) is 6.00. The maximum absolute atomic E-state index is 13.1. The average Bonchev–Trinajstić information content (AvgIpc) is 3.22. The van der Waals surface area contributed by atoms with Crippen LogP contribution in [0.4, 0.5) is 11.4 Å². The minimum atomic E-state index is -0.898. The van der Waals surface area contributed by atoms with Crippen LogP contribution in [0.1, 0.15) is 0 Å². The summed E-state index contributed by atoms with van der Waals surface area (Å²) in [5, 5.41) is 10.0. The van der Waals surface area contributed by atoms with Crippen LogP contribution in [0.15, 0.2) is 52.8 Å². The van der Waals surface area contributed by atoms with E-state index in [0.29, 0.717) is 27.9 Å². The molecule has 0 bridgehead atoms. The highest BCUT2D eigenvalue weighted by atomic mass is 35.5. The molecule has 0 saturated carbocycles. The maximum atomic E-state index is 13.1. The summed E-state index contributed by atoms with van der Waals surface area (Å²) < 4.78 is 10.5. The van der Waals surface area contributed by atoms with Crippen molar-refractivity contribution in [3.05, 3.63) is 47.5 Å². The molecule has 0 aromatic heterocycles. The molecule has 4 rings (SSSR count). The van der Waals surface area contributed by atoms with Crippen molar-refractivity contribution in [2.24, 2.45) is 10.3 Å². The molecular formula is C18H15ClN4O4. The molecule has 2 aromatic carbocycles. The number of ether oxygens (including phenoxy) is 2. The molecule has 0 aliphatic carbocycles. The zero-order valence-corrected chi connectivity index (χ0v) is 15.3. The highest BCUT2D eigenvalue weighted by Gasteiger charge is 2.55. The number of fused-ring (bicyclic) bond motifs is 1. The molecule has 0 N–H and O–H groups in total. The second kappa shape index (κ2) is 6.55. The summed E-state index contributed by atoms with van der Waals surface area (Å²) >= 11 is 5.92. The van der Waals surface area contributed by atoms with Crippen molar-refractivity contribution < 1.29 is 19.1 Å². The number of nitrogens with zero attached hydrogens (tertiary/aromatic N) is 4. The number of benzene rings is 2. The van der Waals surface area contributed by atoms with Gasteiger partial charge in [0.25, 0.3) is 11.8 Å². The zero-order valence-electron chi connectivity index (χ0n) is 14.5. The minimum Gasteiger partial charge on any atom is -0.497 e. The third kappa shape index (κ3) is 2.78.